The van der Waals surface area contributed by atoms with Gasteiger partial charge in [-0.15, -0.1) is 11.8 Å². The van der Waals surface area contributed by atoms with Crippen molar-refractivity contribution in [2.75, 3.05) is 25.4 Å². The molecular formula is C31H33NO2S. The lowest BCUT2D eigenvalue weighted by Gasteiger charge is -2.42. The fourth-order valence-electron chi connectivity index (χ4n) is 5.36. The first-order valence-corrected chi connectivity index (χ1v) is 13.5. The highest BCUT2D eigenvalue weighted by atomic mass is 32.2. The number of thioether (sulfide) groups is 1. The summed E-state index contributed by atoms with van der Waals surface area (Å²) in [6, 6.07) is 35.0. The van der Waals surface area contributed by atoms with E-state index in [-0.39, 0.29) is 12.0 Å². The molecule has 3 nitrogen and oxygen atoms in total. The Morgan fingerprint density at radius 1 is 0.771 bits per heavy atom. The zero-order chi connectivity index (χ0) is 24.1. The molecule has 0 bridgehead atoms. The van der Waals surface area contributed by atoms with E-state index in [2.05, 4.69) is 47.4 Å². The summed E-state index contributed by atoms with van der Waals surface area (Å²) in [5, 5.41) is 25.3. The van der Waals surface area contributed by atoms with Crippen LogP contribution < -0.4 is 0 Å². The lowest BCUT2D eigenvalue weighted by molar-refractivity contribution is -0.0186. The van der Waals surface area contributed by atoms with Gasteiger partial charge in [-0.25, -0.2) is 0 Å². The molecule has 4 aromatic rings. The van der Waals surface area contributed by atoms with Gasteiger partial charge in [-0.05, 0) is 65.9 Å². The summed E-state index contributed by atoms with van der Waals surface area (Å²) >= 11 is 1.71. The molecule has 1 aliphatic rings. The van der Waals surface area contributed by atoms with Crippen LogP contribution in [0.4, 0.5) is 0 Å². The van der Waals surface area contributed by atoms with Crippen molar-refractivity contribution in [2.24, 2.45) is 5.92 Å². The highest BCUT2D eigenvalue weighted by molar-refractivity contribution is 7.99. The van der Waals surface area contributed by atoms with Crippen LogP contribution in [0.25, 0.3) is 10.8 Å². The fourth-order valence-corrected chi connectivity index (χ4v) is 6.22. The maximum absolute atomic E-state index is 12.1. The SMILES string of the molecule is OC(CSc1ccc2ccccc2c1)CN1CCC(C(O)(c2ccccc2)c2ccccc2)CC1. The molecule has 1 fully saturated rings. The van der Waals surface area contributed by atoms with Crippen molar-refractivity contribution in [1.29, 1.82) is 0 Å². The number of hydrogen-bond donors (Lipinski definition) is 2. The number of piperidine rings is 1. The molecule has 0 radical (unpaired) electrons. The number of hydrogen-bond acceptors (Lipinski definition) is 4. The van der Waals surface area contributed by atoms with Crippen LogP contribution in [0, 0.1) is 5.92 Å². The Morgan fingerprint density at radius 3 is 1.97 bits per heavy atom. The van der Waals surface area contributed by atoms with Crippen LogP contribution in [-0.4, -0.2) is 46.6 Å². The molecule has 35 heavy (non-hydrogen) atoms. The number of β-amino-alcohol motifs (C(OH)–C–C–N with tert-alkyl or cyclic N) is 1. The number of likely N-dealkylation sites (tertiary alicyclic amines) is 1. The van der Waals surface area contributed by atoms with Crippen molar-refractivity contribution >= 4 is 22.5 Å². The molecule has 1 unspecified atom stereocenters. The third-order valence-corrected chi connectivity index (χ3v) is 8.38. The first-order valence-electron chi connectivity index (χ1n) is 12.5. The minimum absolute atomic E-state index is 0.132. The molecular weight excluding hydrogens is 450 g/mol. The molecule has 0 spiro atoms. The molecule has 2 N–H and O–H groups in total. The Labute approximate surface area is 212 Å². The van der Waals surface area contributed by atoms with E-state index in [0.29, 0.717) is 12.3 Å². The predicted molar refractivity (Wildman–Crippen MR) is 146 cm³/mol. The van der Waals surface area contributed by atoms with Gasteiger partial charge in [-0.3, -0.25) is 0 Å². The summed E-state index contributed by atoms with van der Waals surface area (Å²) in [4.78, 5) is 3.54. The highest BCUT2D eigenvalue weighted by Gasteiger charge is 2.41. The fraction of sp³-hybridized carbons (Fsp3) is 0.290. The van der Waals surface area contributed by atoms with E-state index in [9.17, 15) is 10.2 Å². The van der Waals surface area contributed by atoms with Crippen molar-refractivity contribution in [1.82, 2.24) is 4.90 Å². The molecule has 0 amide bonds. The van der Waals surface area contributed by atoms with Crippen LogP contribution in [0.5, 0.6) is 0 Å². The van der Waals surface area contributed by atoms with E-state index in [1.54, 1.807) is 11.8 Å². The van der Waals surface area contributed by atoms with Crippen molar-refractivity contribution in [3.05, 3.63) is 114 Å². The second kappa shape index (κ2) is 11.0. The number of aliphatic hydroxyl groups excluding tert-OH is 1. The predicted octanol–water partition coefficient (Wildman–Crippen LogP) is 5.94. The molecule has 0 aliphatic carbocycles. The van der Waals surface area contributed by atoms with Gasteiger partial charge in [0.2, 0.25) is 0 Å². The Morgan fingerprint density at radius 2 is 1.34 bits per heavy atom. The monoisotopic (exact) mass is 483 g/mol. The molecule has 0 aromatic heterocycles. The Bertz CT molecular complexity index is 1180. The molecule has 1 saturated heterocycles. The average molecular weight is 484 g/mol. The first-order chi connectivity index (χ1) is 17.1. The van der Waals surface area contributed by atoms with Crippen molar-refractivity contribution in [3.63, 3.8) is 0 Å². The van der Waals surface area contributed by atoms with E-state index >= 15 is 0 Å². The van der Waals surface area contributed by atoms with Crippen LogP contribution in [-0.2, 0) is 5.60 Å². The van der Waals surface area contributed by atoms with Crippen molar-refractivity contribution < 1.29 is 10.2 Å². The van der Waals surface area contributed by atoms with Gasteiger partial charge in [0.05, 0.1) is 6.10 Å². The van der Waals surface area contributed by atoms with Crippen LogP contribution >= 0.6 is 11.8 Å². The zero-order valence-corrected chi connectivity index (χ0v) is 20.8. The van der Waals surface area contributed by atoms with Crippen LogP contribution in [0.15, 0.2) is 108 Å². The summed E-state index contributed by atoms with van der Waals surface area (Å²) < 4.78 is 0. The van der Waals surface area contributed by atoms with Crippen LogP contribution in [0.3, 0.4) is 0 Å². The van der Waals surface area contributed by atoms with Crippen molar-refractivity contribution in [2.45, 2.75) is 29.4 Å². The van der Waals surface area contributed by atoms with E-state index in [1.807, 2.05) is 60.7 Å². The normalized spacial score (nSPS) is 16.4. The molecule has 180 valence electrons. The minimum atomic E-state index is -1.00. The van der Waals surface area contributed by atoms with E-state index in [0.717, 1.165) is 37.1 Å². The quantitative estimate of drug-likeness (QED) is 0.304. The summed E-state index contributed by atoms with van der Waals surface area (Å²) in [6.45, 7) is 2.43. The standard InChI is InChI=1S/C31H33NO2S/c33-29(23-35-30-16-15-24-9-7-8-10-25(24)21-30)22-32-19-17-28(18-20-32)31(34,26-11-3-1-4-12-26)27-13-5-2-6-14-27/h1-16,21,28-29,33-34H,17-20,22-23H2. The summed E-state index contributed by atoms with van der Waals surface area (Å²) in [5.74, 6) is 0.809. The number of nitrogens with zero attached hydrogens (tertiary/aromatic N) is 1. The van der Waals surface area contributed by atoms with Gasteiger partial charge in [0.25, 0.3) is 0 Å². The third-order valence-electron chi connectivity index (χ3n) is 7.24. The van der Waals surface area contributed by atoms with Gasteiger partial charge in [0.1, 0.15) is 5.60 Å². The Hall–Kier alpha value is -2.63. The first kappa shape index (κ1) is 24.1. The average Bonchev–Trinajstić information content (AvgIpc) is 2.93. The van der Waals surface area contributed by atoms with Crippen LogP contribution in [0.2, 0.25) is 0 Å². The Balaban J connectivity index is 1.19. The summed E-state index contributed by atoms with van der Waals surface area (Å²) in [6.07, 6.45) is 1.40. The van der Waals surface area contributed by atoms with Crippen molar-refractivity contribution in [3.8, 4) is 0 Å². The second-order valence-electron chi connectivity index (χ2n) is 9.55. The second-order valence-corrected chi connectivity index (χ2v) is 10.6. The van der Waals surface area contributed by atoms with E-state index in [1.165, 1.54) is 15.7 Å². The molecule has 1 heterocycles. The summed E-state index contributed by atoms with van der Waals surface area (Å²) in [7, 11) is 0. The van der Waals surface area contributed by atoms with Gasteiger partial charge < -0.3 is 15.1 Å². The number of benzene rings is 4. The minimum Gasteiger partial charge on any atom is -0.391 e. The molecule has 1 aliphatic heterocycles. The Kier molecular flexibility index (Phi) is 7.54. The topological polar surface area (TPSA) is 43.7 Å². The maximum atomic E-state index is 12.1. The zero-order valence-electron chi connectivity index (χ0n) is 20.0. The third kappa shape index (κ3) is 5.46. The van der Waals surface area contributed by atoms with Gasteiger partial charge >= 0.3 is 0 Å². The van der Waals surface area contributed by atoms with Gasteiger partial charge in [-0.2, -0.15) is 0 Å². The van der Waals surface area contributed by atoms with Gasteiger partial charge in [-0.1, -0.05) is 91.0 Å². The number of fused-ring (bicyclic) bond motifs is 1. The molecule has 1 atom stereocenters. The lowest BCUT2D eigenvalue weighted by atomic mass is 9.72. The van der Waals surface area contributed by atoms with Gasteiger partial charge in [0, 0.05) is 17.2 Å². The number of aliphatic hydroxyl groups is 2. The molecule has 0 saturated carbocycles. The molecule has 5 rings (SSSR count). The largest absolute Gasteiger partial charge is 0.391 e. The lowest BCUT2D eigenvalue weighted by Crippen LogP contribution is -2.46. The smallest absolute Gasteiger partial charge is 0.117 e. The summed E-state index contributed by atoms with van der Waals surface area (Å²) in [5.41, 5.74) is 0.909. The van der Waals surface area contributed by atoms with E-state index < -0.39 is 5.60 Å². The number of rotatable bonds is 8. The van der Waals surface area contributed by atoms with E-state index in [4.69, 9.17) is 0 Å². The van der Waals surface area contributed by atoms with Gasteiger partial charge in [0.15, 0.2) is 0 Å². The highest BCUT2D eigenvalue weighted by Crippen LogP contribution is 2.42. The molecule has 4 heteroatoms. The molecule has 4 aromatic carbocycles. The van der Waals surface area contributed by atoms with Crippen LogP contribution in [0.1, 0.15) is 24.0 Å². The maximum Gasteiger partial charge on any atom is 0.117 e.